The summed E-state index contributed by atoms with van der Waals surface area (Å²) in [5.41, 5.74) is -1.53. The van der Waals surface area contributed by atoms with Crippen LogP contribution in [-0.4, -0.2) is 68.8 Å². The number of hydrogen-bond donors (Lipinski definition) is 0. The number of carboxylic acids is 1. The third-order valence-corrected chi connectivity index (χ3v) is 8.91. The molecule has 0 bridgehead atoms. The summed E-state index contributed by atoms with van der Waals surface area (Å²) in [4.78, 5) is 40.0. The number of thioether (sulfide) groups is 1. The molecule has 1 fully saturated rings. The van der Waals surface area contributed by atoms with Gasteiger partial charge in [0.2, 0.25) is 0 Å². The molecular formula is C34H32F3N4NaO8S. The summed E-state index contributed by atoms with van der Waals surface area (Å²) in [6.45, 7) is 2.72. The van der Waals surface area contributed by atoms with Crippen LogP contribution >= 0.6 is 11.8 Å². The van der Waals surface area contributed by atoms with Gasteiger partial charge in [0.05, 0.1) is 42.6 Å². The number of halogens is 3. The summed E-state index contributed by atoms with van der Waals surface area (Å²) >= 11 is 1.24. The number of aliphatic carboxylic acids is 1. The molecule has 17 heteroatoms. The molecule has 12 nitrogen and oxygen atoms in total. The van der Waals surface area contributed by atoms with Crippen LogP contribution in [0.5, 0.6) is 0 Å². The molecule has 1 aliphatic heterocycles. The first-order chi connectivity index (χ1) is 23.9. The standard InChI is InChI=1S/C34H33F3N4O8S.Na/c1-21(50-26-16-46-32(47-17-26)6-4-3-5-24-8-7-23(15-38)13-28(24)36)34(18-41-20-39-19-40-41,27-10-9-25(35)14-29(27)37)49-31(43)12-11-30(33(44)45)48-22(2)42;/h3-10,13-14,19-21,26,30,32H,11-12,16-18H2,1-2H3,(H,44,45);/q;+1/p-1/b5-3+,6-4+;/t21-,26-,30?,32-,34-;/m1./s1. The minimum Gasteiger partial charge on any atom is -0.546 e. The molecule has 51 heavy (non-hydrogen) atoms. The zero-order valence-corrected chi connectivity index (χ0v) is 30.7. The molecule has 0 spiro atoms. The van der Waals surface area contributed by atoms with Crippen LogP contribution in [0.25, 0.3) is 6.08 Å². The van der Waals surface area contributed by atoms with E-state index in [1.54, 1.807) is 25.2 Å². The number of carbonyl (C=O) groups excluding carboxylic acids is 3. The number of aromatic nitrogens is 3. The van der Waals surface area contributed by atoms with Gasteiger partial charge in [0.1, 0.15) is 36.2 Å². The molecule has 1 saturated heterocycles. The zero-order chi connectivity index (χ0) is 36.3. The average Bonchev–Trinajstić information content (AvgIpc) is 3.58. The predicted octanol–water partition coefficient (Wildman–Crippen LogP) is 0.604. The third-order valence-electron chi connectivity index (χ3n) is 7.46. The summed E-state index contributed by atoms with van der Waals surface area (Å²) < 4.78 is 67.4. The Balaban J connectivity index is 0.00000702. The number of hydrogen-bond acceptors (Lipinski definition) is 12. The van der Waals surface area contributed by atoms with Gasteiger partial charge in [0.15, 0.2) is 11.9 Å². The van der Waals surface area contributed by atoms with E-state index in [1.807, 2.05) is 6.07 Å². The number of allylic oxidation sites excluding steroid dienone is 2. The Labute approximate surface area is 317 Å². The Kier molecular flexibility index (Phi) is 15.9. The second kappa shape index (κ2) is 19.6. The SMILES string of the molecule is CC(=O)OC(CCC(=O)O[C@@](Cn1cncn1)(c1ccc(F)cc1F)[C@@H](C)S[C@H]1CO[C@H](/C=C/C=C/c2ccc(C#N)cc2F)OC1)C(=O)[O-].[Na+]. The van der Waals surface area contributed by atoms with Crippen LogP contribution in [0.2, 0.25) is 0 Å². The Morgan fingerprint density at radius 1 is 1.16 bits per heavy atom. The number of nitrogens with zero attached hydrogens (tertiary/aromatic N) is 4. The van der Waals surface area contributed by atoms with Crippen LogP contribution in [-0.2, 0) is 45.5 Å². The molecule has 3 aromatic rings. The Morgan fingerprint density at radius 2 is 1.90 bits per heavy atom. The molecule has 0 aliphatic carbocycles. The number of esters is 2. The number of nitriles is 1. The Morgan fingerprint density at radius 3 is 2.51 bits per heavy atom. The quantitative estimate of drug-likeness (QED) is 0.121. The molecule has 2 aromatic carbocycles. The van der Waals surface area contributed by atoms with Crippen molar-refractivity contribution in [2.24, 2.45) is 0 Å². The van der Waals surface area contributed by atoms with Crippen molar-refractivity contribution in [3.8, 4) is 6.07 Å². The van der Waals surface area contributed by atoms with E-state index in [1.165, 1.54) is 47.3 Å². The fraction of sp³-hybridized carbons (Fsp3) is 0.353. The van der Waals surface area contributed by atoms with Gasteiger partial charge in [0, 0.05) is 42.2 Å². The minimum atomic E-state index is -1.85. The van der Waals surface area contributed by atoms with Gasteiger partial charge in [-0.2, -0.15) is 10.4 Å². The Bertz CT molecular complexity index is 1770. The van der Waals surface area contributed by atoms with E-state index in [0.717, 1.165) is 25.1 Å². The molecule has 0 saturated carbocycles. The number of benzene rings is 2. The molecule has 264 valence electrons. The average molecular weight is 737 g/mol. The largest absolute Gasteiger partial charge is 1.00 e. The van der Waals surface area contributed by atoms with Crippen molar-refractivity contribution in [3.63, 3.8) is 0 Å². The van der Waals surface area contributed by atoms with Gasteiger partial charge in [-0.15, -0.1) is 11.8 Å². The summed E-state index contributed by atoms with van der Waals surface area (Å²) in [5, 5.41) is 23.3. The normalized spacial score (nSPS) is 18.3. The molecule has 0 N–H and O–H groups in total. The smallest absolute Gasteiger partial charge is 0.546 e. The maximum atomic E-state index is 15.6. The summed E-state index contributed by atoms with van der Waals surface area (Å²) in [6.07, 6.45) is 5.38. The molecule has 0 amide bonds. The fourth-order valence-electron chi connectivity index (χ4n) is 5.05. The molecule has 3 atom stereocenters. The van der Waals surface area contributed by atoms with Crippen molar-refractivity contribution in [2.75, 3.05) is 13.2 Å². The van der Waals surface area contributed by atoms with Crippen LogP contribution < -0.4 is 34.7 Å². The van der Waals surface area contributed by atoms with Gasteiger partial charge in [-0.1, -0.05) is 24.3 Å². The first kappa shape index (κ1) is 41.4. The van der Waals surface area contributed by atoms with Crippen molar-refractivity contribution in [3.05, 3.63) is 101 Å². The second-order valence-corrected chi connectivity index (χ2v) is 12.7. The zero-order valence-electron chi connectivity index (χ0n) is 27.9. The van der Waals surface area contributed by atoms with Gasteiger partial charge < -0.3 is 28.8 Å². The van der Waals surface area contributed by atoms with E-state index >= 15 is 4.39 Å². The monoisotopic (exact) mass is 736 g/mol. The minimum absolute atomic E-state index is 0. The molecular weight excluding hydrogens is 704 g/mol. The van der Waals surface area contributed by atoms with Crippen LogP contribution in [0.4, 0.5) is 13.2 Å². The van der Waals surface area contributed by atoms with Crippen molar-refractivity contribution < 1.29 is 81.2 Å². The first-order valence-corrected chi connectivity index (χ1v) is 16.2. The summed E-state index contributed by atoms with van der Waals surface area (Å²) in [5.74, 6) is -5.98. The summed E-state index contributed by atoms with van der Waals surface area (Å²) in [7, 11) is 0. The van der Waals surface area contributed by atoms with Gasteiger partial charge in [0.25, 0.3) is 0 Å². The van der Waals surface area contributed by atoms with E-state index in [0.29, 0.717) is 11.6 Å². The number of rotatable bonds is 15. The molecule has 2 heterocycles. The number of ether oxygens (including phenoxy) is 4. The second-order valence-electron chi connectivity index (χ2n) is 11.1. The maximum Gasteiger partial charge on any atom is 1.00 e. The van der Waals surface area contributed by atoms with E-state index in [2.05, 4.69) is 10.1 Å². The Hall–Kier alpha value is -3.98. The van der Waals surface area contributed by atoms with Crippen molar-refractivity contribution >= 4 is 35.7 Å². The van der Waals surface area contributed by atoms with Gasteiger partial charge in [-0.25, -0.2) is 22.8 Å². The van der Waals surface area contributed by atoms with E-state index in [4.69, 9.17) is 24.2 Å². The molecule has 0 radical (unpaired) electrons. The summed E-state index contributed by atoms with van der Waals surface area (Å²) in [6, 6.07) is 8.82. The molecule has 1 aromatic heterocycles. The fourth-order valence-corrected chi connectivity index (χ4v) is 6.41. The molecule has 1 aliphatic rings. The van der Waals surface area contributed by atoms with E-state index in [-0.39, 0.29) is 65.7 Å². The maximum absolute atomic E-state index is 15.6. The number of carbonyl (C=O) groups is 3. The van der Waals surface area contributed by atoms with Crippen LogP contribution in [0, 0.1) is 28.8 Å². The predicted molar refractivity (Wildman–Crippen MR) is 170 cm³/mol. The number of carboxylic acid groups (broad SMARTS) is 1. The van der Waals surface area contributed by atoms with Crippen LogP contribution in [0.15, 0.2) is 67.3 Å². The van der Waals surface area contributed by atoms with Crippen molar-refractivity contribution in [1.82, 2.24) is 14.8 Å². The molecule has 4 rings (SSSR count). The van der Waals surface area contributed by atoms with Crippen LogP contribution in [0.3, 0.4) is 0 Å². The van der Waals surface area contributed by atoms with Gasteiger partial charge in [-0.3, -0.25) is 9.59 Å². The topological polar surface area (TPSA) is 166 Å². The third kappa shape index (κ3) is 11.8. The van der Waals surface area contributed by atoms with Gasteiger partial charge >= 0.3 is 41.5 Å². The molecule has 1 unspecified atom stereocenters. The first-order valence-electron chi connectivity index (χ1n) is 15.2. The van der Waals surface area contributed by atoms with Crippen LogP contribution in [0.1, 0.15) is 43.4 Å². The van der Waals surface area contributed by atoms with Gasteiger partial charge in [-0.05, 0) is 37.3 Å². The van der Waals surface area contributed by atoms with E-state index in [9.17, 15) is 28.3 Å². The van der Waals surface area contributed by atoms with E-state index < -0.39 is 71.4 Å². The van der Waals surface area contributed by atoms with Crippen molar-refractivity contribution in [2.45, 2.75) is 61.7 Å². The van der Waals surface area contributed by atoms with Crippen molar-refractivity contribution in [1.29, 1.82) is 5.26 Å².